The van der Waals surface area contributed by atoms with Gasteiger partial charge in [-0.2, -0.15) is 5.26 Å². The molecule has 0 aliphatic heterocycles. The maximum atomic E-state index is 11.4. The van der Waals surface area contributed by atoms with Crippen LogP contribution in [0.5, 0.6) is 0 Å². The van der Waals surface area contributed by atoms with Crippen LogP contribution in [-0.2, 0) is 9.53 Å². The van der Waals surface area contributed by atoms with Crippen LogP contribution in [0, 0.1) is 11.3 Å². The number of nitriles is 1. The lowest BCUT2D eigenvalue weighted by Gasteiger charge is -2.07. The van der Waals surface area contributed by atoms with Gasteiger partial charge in [-0.1, -0.05) is 18.2 Å². The molecule has 0 fully saturated rings. The van der Waals surface area contributed by atoms with Crippen LogP contribution >= 0.6 is 0 Å². The van der Waals surface area contributed by atoms with E-state index in [1.165, 1.54) is 13.0 Å². The van der Waals surface area contributed by atoms with Crippen LogP contribution in [0.2, 0.25) is 0 Å². The minimum Gasteiger partial charge on any atom is -0.478 e. The van der Waals surface area contributed by atoms with E-state index >= 15 is 0 Å². The van der Waals surface area contributed by atoms with Crippen LogP contribution in [0.25, 0.3) is 5.57 Å². The fraction of sp³-hybridized carbons (Fsp3) is 0.154. The van der Waals surface area contributed by atoms with E-state index in [0.717, 1.165) is 7.11 Å². The summed E-state index contributed by atoms with van der Waals surface area (Å²) in [6.07, 6.45) is 0. The second kappa shape index (κ2) is 5.64. The van der Waals surface area contributed by atoms with Gasteiger partial charge >= 0.3 is 11.9 Å². The Balaban J connectivity index is 3.47. The summed E-state index contributed by atoms with van der Waals surface area (Å²) in [7, 11) is 1.16. The van der Waals surface area contributed by atoms with E-state index in [4.69, 9.17) is 10.4 Å². The predicted molar refractivity (Wildman–Crippen MR) is 63.6 cm³/mol. The van der Waals surface area contributed by atoms with Gasteiger partial charge in [0.2, 0.25) is 0 Å². The maximum Gasteiger partial charge on any atom is 0.348 e. The third kappa shape index (κ3) is 2.55. The Morgan fingerprint density at radius 2 is 1.83 bits per heavy atom. The first kappa shape index (κ1) is 13.5. The molecule has 1 N–H and O–H groups in total. The summed E-state index contributed by atoms with van der Waals surface area (Å²) in [5, 5.41) is 18.0. The van der Waals surface area contributed by atoms with Gasteiger partial charge in [0, 0.05) is 0 Å². The Bertz CT molecular complexity index is 567. The Kier molecular flexibility index (Phi) is 4.22. The molecular formula is C13H11NO4. The number of allylic oxidation sites excluding steroid dienone is 1. The molecule has 0 saturated carbocycles. The van der Waals surface area contributed by atoms with Crippen LogP contribution < -0.4 is 0 Å². The SMILES string of the molecule is COC(=O)C(C#N)=C(C)c1ccccc1C(=O)O. The molecule has 1 aromatic rings. The van der Waals surface area contributed by atoms with E-state index in [2.05, 4.69) is 4.74 Å². The number of rotatable bonds is 3. The summed E-state index contributed by atoms with van der Waals surface area (Å²) in [6, 6.07) is 7.89. The number of methoxy groups -OCH3 is 1. The van der Waals surface area contributed by atoms with Gasteiger partial charge in [0.1, 0.15) is 11.6 Å². The molecule has 0 bridgehead atoms. The molecule has 0 unspecified atom stereocenters. The number of ether oxygens (including phenoxy) is 1. The summed E-state index contributed by atoms with van der Waals surface area (Å²) in [5.74, 6) is -1.90. The molecule has 0 atom stereocenters. The largest absolute Gasteiger partial charge is 0.478 e. The van der Waals surface area contributed by atoms with Gasteiger partial charge < -0.3 is 9.84 Å². The summed E-state index contributed by atoms with van der Waals surface area (Å²) in [6.45, 7) is 1.51. The number of hydrogen-bond donors (Lipinski definition) is 1. The number of hydrogen-bond acceptors (Lipinski definition) is 4. The molecule has 1 rings (SSSR count). The molecule has 0 radical (unpaired) electrons. The highest BCUT2D eigenvalue weighted by molar-refractivity contribution is 6.04. The van der Waals surface area contributed by atoms with E-state index in [1.807, 2.05) is 0 Å². The van der Waals surface area contributed by atoms with Gasteiger partial charge in [-0.3, -0.25) is 0 Å². The molecule has 18 heavy (non-hydrogen) atoms. The monoisotopic (exact) mass is 245 g/mol. The maximum absolute atomic E-state index is 11.4. The molecule has 0 heterocycles. The first-order valence-electron chi connectivity index (χ1n) is 5.05. The highest BCUT2D eigenvalue weighted by Gasteiger charge is 2.18. The summed E-state index contributed by atoms with van der Waals surface area (Å²) < 4.78 is 4.48. The van der Waals surface area contributed by atoms with Gasteiger partial charge in [0.15, 0.2) is 0 Å². The standard InChI is InChI=1S/C13H11NO4/c1-8(11(7-14)13(17)18-2)9-5-3-4-6-10(9)12(15)16/h3-6H,1-2H3,(H,15,16). The zero-order valence-electron chi connectivity index (χ0n) is 9.93. The Morgan fingerprint density at radius 3 is 2.28 bits per heavy atom. The molecule has 0 spiro atoms. The molecule has 5 heteroatoms. The van der Waals surface area contributed by atoms with E-state index in [1.54, 1.807) is 24.3 Å². The Morgan fingerprint density at radius 1 is 1.28 bits per heavy atom. The number of nitrogens with zero attached hydrogens (tertiary/aromatic N) is 1. The highest BCUT2D eigenvalue weighted by atomic mass is 16.5. The molecule has 0 aliphatic rings. The number of carbonyl (C=O) groups is 2. The third-order valence-electron chi connectivity index (χ3n) is 2.44. The van der Waals surface area contributed by atoms with Crippen molar-refractivity contribution in [2.45, 2.75) is 6.92 Å². The average Bonchev–Trinajstić information content (AvgIpc) is 2.39. The minimum absolute atomic E-state index is 0.0339. The predicted octanol–water partition coefficient (Wildman–Crippen LogP) is 1.85. The van der Waals surface area contributed by atoms with Crippen LogP contribution in [0.4, 0.5) is 0 Å². The lowest BCUT2D eigenvalue weighted by molar-refractivity contribution is -0.135. The number of esters is 1. The van der Waals surface area contributed by atoms with Gasteiger partial charge in [0.05, 0.1) is 12.7 Å². The van der Waals surface area contributed by atoms with Crippen molar-refractivity contribution in [2.24, 2.45) is 0 Å². The van der Waals surface area contributed by atoms with Crippen molar-refractivity contribution < 1.29 is 19.4 Å². The average molecular weight is 245 g/mol. The van der Waals surface area contributed by atoms with Crippen LogP contribution in [0.1, 0.15) is 22.8 Å². The molecular weight excluding hydrogens is 234 g/mol. The fourth-order valence-electron chi connectivity index (χ4n) is 1.52. The van der Waals surface area contributed by atoms with Crippen molar-refractivity contribution in [1.29, 1.82) is 5.26 Å². The van der Waals surface area contributed by atoms with Crippen LogP contribution in [0.15, 0.2) is 29.8 Å². The zero-order chi connectivity index (χ0) is 13.7. The molecule has 0 amide bonds. The summed E-state index contributed by atoms with van der Waals surface area (Å²) in [4.78, 5) is 22.4. The number of carboxylic acid groups (broad SMARTS) is 1. The van der Waals surface area contributed by atoms with E-state index in [-0.39, 0.29) is 16.7 Å². The van der Waals surface area contributed by atoms with Crippen LogP contribution in [0.3, 0.4) is 0 Å². The summed E-state index contributed by atoms with van der Waals surface area (Å²) in [5.41, 5.74) is 0.437. The van der Waals surface area contributed by atoms with E-state index in [9.17, 15) is 9.59 Å². The molecule has 5 nitrogen and oxygen atoms in total. The molecule has 0 aromatic heterocycles. The van der Waals surface area contributed by atoms with Crippen molar-refractivity contribution in [3.05, 3.63) is 41.0 Å². The molecule has 0 saturated heterocycles. The smallest absolute Gasteiger partial charge is 0.348 e. The molecule has 1 aromatic carbocycles. The van der Waals surface area contributed by atoms with Crippen molar-refractivity contribution in [3.8, 4) is 6.07 Å². The zero-order valence-corrected chi connectivity index (χ0v) is 9.93. The second-order valence-electron chi connectivity index (χ2n) is 3.45. The normalized spacial score (nSPS) is 11.2. The van der Waals surface area contributed by atoms with Gasteiger partial charge in [-0.05, 0) is 24.1 Å². The van der Waals surface area contributed by atoms with E-state index < -0.39 is 11.9 Å². The van der Waals surface area contributed by atoms with Crippen molar-refractivity contribution in [3.63, 3.8) is 0 Å². The van der Waals surface area contributed by atoms with E-state index in [0.29, 0.717) is 5.56 Å². The first-order chi connectivity index (χ1) is 8.52. The number of carbonyl (C=O) groups excluding carboxylic acids is 1. The minimum atomic E-state index is -1.12. The number of aromatic carboxylic acids is 1. The topological polar surface area (TPSA) is 87.4 Å². The Labute approximate surface area is 104 Å². The molecule has 0 aliphatic carbocycles. The fourth-order valence-corrected chi connectivity index (χ4v) is 1.52. The molecule has 92 valence electrons. The first-order valence-corrected chi connectivity index (χ1v) is 5.05. The Hall–Kier alpha value is -2.61. The van der Waals surface area contributed by atoms with Crippen molar-refractivity contribution in [2.75, 3.05) is 7.11 Å². The highest BCUT2D eigenvalue weighted by Crippen LogP contribution is 2.22. The van der Waals surface area contributed by atoms with Crippen molar-refractivity contribution >= 4 is 17.5 Å². The van der Waals surface area contributed by atoms with Gasteiger partial charge in [-0.15, -0.1) is 0 Å². The quantitative estimate of drug-likeness (QED) is 0.499. The van der Waals surface area contributed by atoms with Crippen LogP contribution in [-0.4, -0.2) is 24.2 Å². The summed E-state index contributed by atoms with van der Waals surface area (Å²) >= 11 is 0. The lowest BCUT2D eigenvalue weighted by atomic mass is 9.97. The van der Waals surface area contributed by atoms with Crippen molar-refractivity contribution in [1.82, 2.24) is 0 Å². The lowest BCUT2D eigenvalue weighted by Crippen LogP contribution is -2.07. The third-order valence-corrected chi connectivity index (χ3v) is 2.44. The number of benzene rings is 1. The van der Waals surface area contributed by atoms with Gasteiger partial charge in [-0.25, -0.2) is 9.59 Å². The second-order valence-corrected chi connectivity index (χ2v) is 3.45. The van der Waals surface area contributed by atoms with Gasteiger partial charge in [0.25, 0.3) is 0 Å². The number of carboxylic acids is 1.